The van der Waals surface area contributed by atoms with Gasteiger partial charge in [-0.1, -0.05) is 53.2 Å². The Bertz CT molecular complexity index is 1860. The zero-order valence-corrected chi connectivity index (χ0v) is 40.1. The molecule has 0 unspecified atom stereocenters. The van der Waals surface area contributed by atoms with Crippen LogP contribution >= 0.6 is 0 Å². The maximum atomic E-state index is 15.0. The fourth-order valence-corrected chi connectivity index (χ4v) is 15.4. The standard InChI is InChI=1S/C48H78O20/c1-19-10-11-48(13-12-46(6)22(28(48)20(19)2)8-9-27-44(4)14-24(52)39(61)45(5,18-50)38(44)23(51)15-47(27,46)7)43(62)68-42-35(59)32(56)30(54)26(66-42)17-63-40-36(60)33(57)37(25(16-49)65-40)67-41-34(58)31(55)29(53)21(3)64-41/h8,19-21,23-42,49-61H,9-18H2,1-7H3/t19-,20-,21-,23-,24+,25-,26+,27-,28+,29+,30+,31+,32-,33-,34+,35+,36+,37-,38-,39+,40-,41+,42-,44+,45+,46+,47+,48-/m1/s1. The van der Waals surface area contributed by atoms with Crippen LogP contribution in [0.4, 0.5) is 0 Å². The quantitative estimate of drug-likeness (QED) is 0.0873. The molecule has 8 rings (SSSR count). The van der Waals surface area contributed by atoms with Crippen LogP contribution in [0.2, 0.25) is 0 Å². The van der Waals surface area contributed by atoms with Gasteiger partial charge in [-0.25, -0.2) is 0 Å². The molecule has 390 valence electrons. The van der Waals surface area contributed by atoms with Gasteiger partial charge < -0.3 is 94.8 Å². The van der Waals surface area contributed by atoms with Crippen LogP contribution in [0.3, 0.4) is 0 Å². The van der Waals surface area contributed by atoms with E-state index in [0.717, 1.165) is 5.57 Å². The minimum atomic E-state index is -1.89. The zero-order chi connectivity index (χ0) is 50.0. The van der Waals surface area contributed by atoms with E-state index < -0.39 is 169 Å². The molecular weight excluding hydrogens is 897 g/mol. The summed E-state index contributed by atoms with van der Waals surface area (Å²) in [5, 5.41) is 142. The van der Waals surface area contributed by atoms with Gasteiger partial charge in [0.25, 0.3) is 0 Å². The average molecular weight is 975 g/mol. The van der Waals surface area contributed by atoms with Crippen LogP contribution in [0, 0.1) is 56.7 Å². The molecule has 68 heavy (non-hydrogen) atoms. The molecule has 0 amide bonds. The second-order valence-electron chi connectivity index (χ2n) is 23.1. The molecule has 20 nitrogen and oxygen atoms in total. The molecule has 0 aromatic rings. The molecule has 3 heterocycles. The Morgan fingerprint density at radius 1 is 0.706 bits per heavy atom. The number of carbonyl (C=O) groups excluding carboxylic acids is 1. The molecule has 20 heteroatoms. The molecule has 0 aromatic heterocycles. The molecule has 13 N–H and O–H groups in total. The molecular formula is C48H78O20. The summed E-state index contributed by atoms with van der Waals surface area (Å²) in [5.74, 6) is -1.31. The summed E-state index contributed by atoms with van der Waals surface area (Å²) in [6.45, 7) is 12.1. The first-order chi connectivity index (χ1) is 31.8. The summed E-state index contributed by atoms with van der Waals surface area (Å²) in [6, 6.07) is 0. The number of aliphatic hydroxyl groups is 13. The molecule has 3 aliphatic heterocycles. The van der Waals surface area contributed by atoms with Gasteiger partial charge in [-0.2, -0.15) is 0 Å². The van der Waals surface area contributed by atoms with E-state index >= 15 is 4.79 Å². The number of hydrogen-bond acceptors (Lipinski definition) is 20. The van der Waals surface area contributed by atoms with Crippen LogP contribution in [0.15, 0.2) is 11.6 Å². The molecule has 8 aliphatic rings. The number of carbonyl (C=O) groups is 1. The van der Waals surface area contributed by atoms with Gasteiger partial charge in [0.1, 0.15) is 67.1 Å². The van der Waals surface area contributed by atoms with E-state index in [9.17, 15) is 66.4 Å². The van der Waals surface area contributed by atoms with Gasteiger partial charge >= 0.3 is 5.97 Å². The number of fused-ring (bicyclic) bond motifs is 7. The Labute approximate surface area is 396 Å². The van der Waals surface area contributed by atoms with Crippen LogP contribution in [-0.2, 0) is 33.2 Å². The van der Waals surface area contributed by atoms with Crippen molar-refractivity contribution < 1.29 is 99.6 Å². The second kappa shape index (κ2) is 18.8. The SMILES string of the molecule is C[C@@H]1[C@H](C)CC[C@@]2(C(=O)O[C@H]3O[C@@H](CO[C@@H]4O[C@H](CO)[C@@H](O[C@@H]5O[C@H](C)[C@H](O)[C@H](O)[C@@H]5O)[C@H](O)[C@@H]4O)[C@H](O)[C@@H](O)[C@@H]3O)CC[C@@]3(C)C(=CC[C@@H]4[C@]5(C)C[C@H](O)[C@H](O)[C@@](C)(CO)[C@@H]5[C@H](O)C[C@@]43C)[C@H]12. The van der Waals surface area contributed by atoms with E-state index in [1.54, 1.807) is 6.92 Å². The molecule has 0 bridgehead atoms. The number of rotatable bonds is 9. The third-order valence-electron chi connectivity index (χ3n) is 19.6. The highest BCUT2D eigenvalue weighted by Crippen LogP contribution is 2.76. The van der Waals surface area contributed by atoms with Gasteiger partial charge in [0, 0.05) is 11.3 Å². The van der Waals surface area contributed by atoms with Gasteiger partial charge in [-0.15, -0.1) is 0 Å². The zero-order valence-electron chi connectivity index (χ0n) is 40.1. The van der Waals surface area contributed by atoms with E-state index in [1.165, 1.54) is 6.92 Å². The molecule has 0 radical (unpaired) electrons. The normalized spacial score (nSPS) is 57.1. The maximum absolute atomic E-state index is 15.0. The largest absolute Gasteiger partial charge is 0.432 e. The van der Waals surface area contributed by atoms with Crippen LogP contribution in [0.5, 0.6) is 0 Å². The van der Waals surface area contributed by atoms with Crippen molar-refractivity contribution in [1.29, 1.82) is 0 Å². The van der Waals surface area contributed by atoms with E-state index in [4.69, 9.17) is 28.4 Å². The molecule has 7 fully saturated rings. The monoisotopic (exact) mass is 975 g/mol. The molecule has 5 aliphatic carbocycles. The number of aliphatic hydroxyl groups excluding tert-OH is 13. The van der Waals surface area contributed by atoms with Crippen molar-refractivity contribution >= 4 is 5.97 Å². The predicted octanol–water partition coefficient (Wildman–Crippen LogP) is -2.06. The first-order valence-corrected chi connectivity index (χ1v) is 24.6. The molecule has 28 atom stereocenters. The second-order valence-corrected chi connectivity index (χ2v) is 23.1. The smallest absolute Gasteiger partial charge is 0.315 e. The van der Waals surface area contributed by atoms with Gasteiger partial charge in [-0.05, 0) is 91.8 Å². The lowest BCUT2D eigenvalue weighted by atomic mass is 9.32. The predicted molar refractivity (Wildman–Crippen MR) is 233 cm³/mol. The van der Waals surface area contributed by atoms with Crippen LogP contribution in [-0.4, -0.2) is 203 Å². The van der Waals surface area contributed by atoms with Crippen molar-refractivity contribution in [1.82, 2.24) is 0 Å². The summed E-state index contributed by atoms with van der Waals surface area (Å²) in [5.41, 5.74) is -2.84. The van der Waals surface area contributed by atoms with Crippen LogP contribution < -0.4 is 0 Å². The van der Waals surface area contributed by atoms with Crippen molar-refractivity contribution in [3.05, 3.63) is 11.6 Å². The van der Waals surface area contributed by atoms with Gasteiger partial charge in [0.2, 0.25) is 6.29 Å². The Balaban J connectivity index is 0.994. The minimum absolute atomic E-state index is 0.0115. The van der Waals surface area contributed by atoms with Crippen LogP contribution in [0.1, 0.15) is 93.4 Å². The minimum Gasteiger partial charge on any atom is -0.432 e. The van der Waals surface area contributed by atoms with Gasteiger partial charge in [0.15, 0.2) is 12.6 Å². The molecule has 0 spiro atoms. The first kappa shape index (κ1) is 52.8. The topological polar surface area (TPSA) is 335 Å². The number of esters is 1. The van der Waals surface area contributed by atoms with Crippen molar-refractivity contribution in [3.63, 3.8) is 0 Å². The lowest BCUT2D eigenvalue weighted by molar-refractivity contribution is -0.361. The Kier molecular flexibility index (Phi) is 14.6. The Morgan fingerprint density at radius 3 is 2.00 bits per heavy atom. The highest BCUT2D eigenvalue weighted by atomic mass is 16.8. The Morgan fingerprint density at radius 2 is 1.34 bits per heavy atom. The summed E-state index contributed by atoms with van der Waals surface area (Å²) in [6.07, 6.45) is -22.3. The number of hydrogen-bond donors (Lipinski definition) is 13. The first-order valence-electron chi connectivity index (χ1n) is 24.6. The van der Waals surface area contributed by atoms with E-state index in [0.29, 0.717) is 38.5 Å². The summed E-state index contributed by atoms with van der Waals surface area (Å²) in [4.78, 5) is 15.0. The van der Waals surface area contributed by atoms with E-state index in [1.807, 2.05) is 0 Å². The van der Waals surface area contributed by atoms with Crippen LogP contribution in [0.25, 0.3) is 0 Å². The van der Waals surface area contributed by atoms with Crippen molar-refractivity contribution in [3.8, 4) is 0 Å². The van der Waals surface area contributed by atoms with Crippen molar-refractivity contribution in [2.24, 2.45) is 56.7 Å². The summed E-state index contributed by atoms with van der Waals surface area (Å²) in [7, 11) is 0. The number of allylic oxidation sites excluding steroid dienone is 2. The van der Waals surface area contributed by atoms with E-state index in [2.05, 4.69) is 40.7 Å². The summed E-state index contributed by atoms with van der Waals surface area (Å²) < 4.78 is 34.6. The Hall–Kier alpha value is -1.51. The highest BCUT2D eigenvalue weighted by molar-refractivity contribution is 5.79. The van der Waals surface area contributed by atoms with Gasteiger partial charge in [-0.3, -0.25) is 4.79 Å². The summed E-state index contributed by atoms with van der Waals surface area (Å²) >= 11 is 0. The maximum Gasteiger partial charge on any atom is 0.315 e. The van der Waals surface area contributed by atoms with Crippen molar-refractivity contribution in [2.75, 3.05) is 19.8 Å². The fraction of sp³-hybridized carbons (Fsp3) is 0.938. The highest BCUT2D eigenvalue weighted by Gasteiger charge is 2.73. The average Bonchev–Trinajstić information content (AvgIpc) is 3.29. The third-order valence-corrected chi connectivity index (χ3v) is 19.6. The van der Waals surface area contributed by atoms with Gasteiger partial charge in [0.05, 0.1) is 49.7 Å². The fourth-order valence-electron chi connectivity index (χ4n) is 15.4. The molecule has 4 saturated carbocycles. The lowest BCUT2D eigenvalue weighted by Crippen LogP contribution is -2.71. The lowest BCUT2D eigenvalue weighted by Gasteiger charge is -2.72. The van der Waals surface area contributed by atoms with E-state index in [-0.39, 0.29) is 30.1 Å². The molecule has 3 saturated heterocycles. The van der Waals surface area contributed by atoms with Crippen molar-refractivity contribution in [2.45, 2.75) is 204 Å². The number of ether oxygens (including phenoxy) is 6. The third kappa shape index (κ3) is 7.89. The molecule has 0 aromatic carbocycles.